The first-order chi connectivity index (χ1) is 27.3. The molecule has 0 heterocycles. The van der Waals surface area contributed by atoms with E-state index in [-0.39, 0.29) is 24.5 Å². The van der Waals surface area contributed by atoms with Crippen LogP contribution in [0, 0.1) is 0 Å². The maximum Gasteiger partial charge on any atom is 0.328 e. The van der Waals surface area contributed by atoms with E-state index in [9.17, 15) is 19.2 Å². The van der Waals surface area contributed by atoms with E-state index in [4.69, 9.17) is 14.9 Å². The lowest BCUT2D eigenvalue weighted by molar-refractivity contribution is -0.147. The summed E-state index contributed by atoms with van der Waals surface area (Å²) in [6.45, 7) is 3.50. The molecule has 0 saturated heterocycles. The summed E-state index contributed by atoms with van der Waals surface area (Å²) in [6.07, 6.45) is 45.5. The van der Waals surface area contributed by atoms with Gasteiger partial charge in [-0.1, -0.05) is 193 Å². The van der Waals surface area contributed by atoms with Gasteiger partial charge in [-0.05, 0) is 44.6 Å². The Morgan fingerprint density at radius 2 is 0.946 bits per heavy atom. The largest absolute Gasteiger partial charge is 0.480 e. The van der Waals surface area contributed by atoms with E-state index < -0.39 is 24.5 Å². The summed E-state index contributed by atoms with van der Waals surface area (Å²) in [5.74, 6) is -2.31. The molecule has 9 heteroatoms. The molecule has 0 aliphatic rings. The van der Waals surface area contributed by atoms with Crippen molar-refractivity contribution in [1.82, 2.24) is 10.6 Å². The van der Waals surface area contributed by atoms with E-state index >= 15 is 0 Å². The Kier molecular flexibility index (Phi) is 40.4. The molecule has 0 saturated carbocycles. The molecule has 0 fully saturated rings. The average molecular weight is 793 g/mol. The molecule has 56 heavy (non-hydrogen) atoms. The number of hydrogen-bond donors (Lipinski definition) is 4. The Labute approximate surface area is 343 Å². The predicted molar refractivity (Wildman–Crippen MR) is 232 cm³/mol. The predicted octanol–water partition coefficient (Wildman–Crippen LogP) is 11.8. The lowest BCUT2D eigenvalue weighted by Crippen LogP contribution is -2.47. The summed E-state index contributed by atoms with van der Waals surface area (Å²) < 4.78 is 5.97. The van der Waals surface area contributed by atoms with Crippen LogP contribution in [-0.2, 0) is 23.9 Å². The lowest BCUT2D eigenvalue weighted by Gasteiger charge is -2.15. The normalized spacial score (nSPS) is 12.5. The lowest BCUT2D eigenvalue weighted by atomic mass is 10.0. The van der Waals surface area contributed by atoms with Gasteiger partial charge in [-0.3, -0.25) is 14.4 Å². The van der Waals surface area contributed by atoms with Gasteiger partial charge in [0.25, 0.3) is 0 Å². The number of unbranched alkanes of at least 4 members (excludes halogenated alkanes) is 29. The molecule has 0 aromatic heterocycles. The number of ether oxygens (including phenoxy) is 1. The summed E-state index contributed by atoms with van der Waals surface area (Å²) in [6, 6.07) is -1.38. The summed E-state index contributed by atoms with van der Waals surface area (Å²) in [5, 5.41) is 22.5. The molecule has 2 unspecified atom stereocenters. The van der Waals surface area contributed by atoms with Crippen LogP contribution in [0.2, 0.25) is 0 Å². The zero-order valence-electron chi connectivity index (χ0n) is 36.4. The minimum Gasteiger partial charge on any atom is -0.480 e. The second-order valence-electron chi connectivity index (χ2n) is 16.2. The first kappa shape index (κ1) is 53.6. The number of aliphatic carboxylic acids is 1. The van der Waals surface area contributed by atoms with Crippen molar-refractivity contribution in [1.29, 1.82) is 0 Å². The number of esters is 1. The molecular weight excluding hydrogens is 705 g/mol. The molecule has 2 atom stereocenters. The second kappa shape index (κ2) is 42.2. The maximum absolute atomic E-state index is 12.8. The molecule has 2 amide bonds. The summed E-state index contributed by atoms with van der Waals surface area (Å²) >= 11 is 0. The molecule has 0 bridgehead atoms. The van der Waals surface area contributed by atoms with E-state index in [1.54, 1.807) is 0 Å². The zero-order chi connectivity index (χ0) is 41.2. The highest BCUT2D eigenvalue weighted by molar-refractivity contribution is 5.87. The SMILES string of the molecule is CCCCCCCCC/C=C\C(CCCCCCCCC(=O)NCC(=O)NC(CO)C(=O)O)OC(=O)CCCCCCCCCCCCCCCCCCCC. The minimum absolute atomic E-state index is 0.0714. The van der Waals surface area contributed by atoms with Gasteiger partial charge < -0.3 is 25.6 Å². The maximum atomic E-state index is 12.8. The van der Waals surface area contributed by atoms with Crippen LogP contribution in [0.15, 0.2) is 12.2 Å². The number of carboxylic acid groups (broad SMARTS) is 1. The zero-order valence-corrected chi connectivity index (χ0v) is 36.4. The fourth-order valence-electron chi connectivity index (χ4n) is 7.10. The van der Waals surface area contributed by atoms with E-state index in [2.05, 4.69) is 36.6 Å². The van der Waals surface area contributed by atoms with Crippen LogP contribution in [0.25, 0.3) is 0 Å². The Bertz CT molecular complexity index is 957. The van der Waals surface area contributed by atoms with Crippen molar-refractivity contribution in [2.24, 2.45) is 0 Å². The van der Waals surface area contributed by atoms with E-state index in [0.717, 1.165) is 57.8 Å². The third kappa shape index (κ3) is 38.5. The van der Waals surface area contributed by atoms with E-state index in [1.807, 2.05) is 0 Å². The Morgan fingerprint density at radius 3 is 1.39 bits per heavy atom. The fourth-order valence-corrected chi connectivity index (χ4v) is 7.10. The highest BCUT2D eigenvalue weighted by Crippen LogP contribution is 2.17. The van der Waals surface area contributed by atoms with Gasteiger partial charge in [0.15, 0.2) is 0 Å². The Hall–Kier alpha value is -2.42. The van der Waals surface area contributed by atoms with Crippen LogP contribution in [0.1, 0.15) is 239 Å². The molecular formula is C47H88N2O7. The van der Waals surface area contributed by atoms with Crippen LogP contribution >= 0.6 is 0 Å². The van der Waals surface area contributed by atoms with Gasteiger partial charge in [-0.2, -0.15) is 0 Å². The van der Waals surface area contributed by atoms with Crippen LogP contribution in [0.5, 0.6) is 0 Å². The average Bonchev–Trinajstić information content (AvgIpc) is 3.18. The van der Waals surface area contributed by atoms with Crippen molar-refractivity contribution in [2.75, 3.05) is 13.2 Å². The summed E-state index contributed by atoms with van der Waals surface area (Å²) in [5.41, 5.74) is 0. The van der Waals surface area contributed by atoms with Crippen molar-refractivity contribution < 1.29 is 34.1 Å². The summed E-state index contributed by atoms with van der Waals surface area (Å²) in [7, 11) is 0. The van der Waals surface area contributed by atoms with Crippen molar-refractivity contribution in [2.45, 2.75) is 251 Å². The Morgan fingerprint density at radius 1 is 0.536 bits per heavy atom. The molecule has 9 nitrogen and oxygen atoms in total. The number of nitrogens with one attached hydrogen (secondary N) is 2. The Balaban J connectivity index is 4.17. The van der Waals surface area contributed by atoms with Crippen LogP contribution < -0.4 is 10.6 Å². The van der Waals surface area contributed by atoms with Crippen molar-refractivity contribution in [3.8, 4) is 0 Å². The third-order valence-electron chi connectivity index (χ3n) is 10.7. The topological polar surface area (TPSA) is 142 Å². The van der Waals surface area contributed by atoms with Crippen molar-refractivity contribution in [3.63, 3.8) is 0 Å². The summed E-state index contributed by atoms with van der Waals surface area (Å²) in [4.78, 5) is 47.5. The molecule has 0 rings (SSSR count). The molecule has 4 N–H and O–H groups in total. The molecule has 0 spiro atoms. The number of carboxylic acids is 1. The molecule has 0 radical (unpaired) electrons. The van der Waals surface area contributed by atoms with Gasteiger partial charge in [0.05, 0.1) is 13.2 Å². The van der Waals surface area contributed by atoms with Crippen molar-refractivity contribution >= 4 is 23.8 Å². The third-order valence-corrected chi connectivity index (χ3v) is 10.7. The number of amides is 2. The minimum atomic E-state index is -1.38. The number of rotatable bonds is 43. The highest BCUT2D eigenvalue weighted by Gasteiger charge is 2.18. The molecule has 328 valence electrons. The first-order valence-corrected chi connectivity index (χ1v) is 23.6. The number of hydrogen-bond acceptors (Lipinski definition) is 6. The van der Waals surface area contributed by atoms with Gasteiger partial charge in [0.1, 0.15) is 12.1 Å². The fraction of sp³-hybridized carbons (Fsp3) is 0.872. The van der Waals surface area contributed by atoms with Gasteiger partial charge in [0.2, 0.25) is 11.8 Å². The van der Waals surface area contributed by atoms with Gasteiger partial charge in [-0.25, -0.2) is 4.79 Å². The highest BCUT2D eigenvalue weighted by atomic mass is 16.5. The quantitative estimate of drug-likeness (QED) is 0.0273. The van der Waals surface area contributed by atoms with Crippen LogP contribution in [0.4, 0.5) is 0 Å². The number of aliphatic hydroxyl groups is 1. The van der Waals surface area contributed by atoms with Crippen LogP contribution in [-0.4, -0.2) is 59.3 Å². The number of carbonyl (C=O) groups is 4. The van der Waals surface area contributed by atoms with E-state index in [1.165, 1.54) is 148 Å². The van der Waals surface area contributed by atoms with Crippen LogP contribution in [0.3, 0.4) is 0 Å². The smallest absolute Gasteiger partial charge is 0.328 e. The monoisotopic (exact) mass is 793 g/mol. The van der Waals surface area contributed by atoms with Gasteiger partial charge in [-0.15, -0.1) is 0 Å². The number of aliphatic hydroxyl groups excluding tert-OH is 1. The molecule has 0 aliphatic carbocycles. The van der Waals surface area contributed by atoms with Crippen molar-refractivity contribution in [3.05, 3.63) is 12.2 Å². The second-order valence-corrected chi connectivity index (χ2v) is 16.2. The van der Waals surface area contributed by atoms with Gasteiger partial charge in [0, 0.05) is 12.8 Å². The molecule has 0 aromatic carbocycles. The molecule has 0 aliphatic heterocycles. The standard InChI is InChI=1S/C47H88N2O7/c1-3-5-7-9-11-13-14-15-16-17-18-19-20-21-23-25-31-35-39-46(53)56-42(36-32-28-24-22-12-10-8-6-4-2)37-33-29-26-27-30-34-38-44(51)48-40-45(52)49-43(41-50)47(54)55/h32,36,42-43,50H,3-31,33-35,37-41H2,1-2H3,(H,48,51)(H,49,52)(H,54,55)/b36-32-. The van der Waals surface area contributed by atoms with E-state index in [0.29, 0.717) is 19.3 Å². The molecule has 0 aromatic rings. The van der Waals surface area contributed by atoms with Gasteiger partial charge >= 0.3 is 11.9 Å². The number of carbonyl (C=O) groups excluding carboxylic acids is 3. The number of allylic oxidation sites excluding steroid dienone is 1. The first-order valence-electron chi connectivity index (χ1n) is 23.6.